The van der Waals surface area contributed by atoms with Crippen molar-refractivity contribution >= 4 is 63.0 Å². The average Bonchev–Trinajstić information content (AvgIpc) is 3.31. The number of halogens is 2. The van der Waals surface area contributed by atoms with E-state index in [1.165, 1.54) is 23.1 Å². The molecule has 1 N–H and O–H groups in total. The van der Waals surface area contributed by atoms with Crippen molar-refractivity contribution in [1.82, 2.24) is 19.6 Å². The predicted molar refractivity (Wildman–Crippen MR) is 115 cm³/mol. The summed E-state index contributed by atoms with van der Waals surface area (Å²) in [7, 11) is 0. The fraction of sp³-hybridized carbons (Fsp3) is 0.111. The highest BCUT2D eigenvalue weighted by Gasteiger charge is 2.19. The lowest BCUT2D eigenvalue weighted by atomic mass is 10.2. The van der Waals surface area contributed by atoms with Gasteiger partial charge in [-0.15, -0.1) is 21.5 Å². The Kier molecular flexibility index (Phi) is 5.54. The third-order valence-corrected chi connectivity index (χ3v) is 6.44. The van der Waals surface area contributed by atoms with Gasteiger partial charge in [-0.2, -0.15) is 0 Å². The normalized spacial score (nSPS) is 12.2. The maximum atomic E-state index is 12.6. The van der Waals surface area contributed by atoms with Crippen LogP contribution in [0, 0.1) is 0 Å². The molecule has 0 unspecified atom stereocenters. The number of nitrogens with one attached hydrogen (secondary N) is 1. The third-order valence-electron chi connectivity index (χ3n) is 3.88. The van der Waals surface area contributed by atoms with Gasteiger partial charge in [-0.05, 0) is 31.2 Å². The summed E-state index contributed by atoms with van der Waals surface area (Å²) in [6.07, 6.45) is 1.87. The first-order chi connectivity index (χ1) is 13.5. The van der Waals surface area contributed by atoms with Gasteiger partial charge >= 0.3 is 0 Å². The van der Waals surface area contributed by atoms with Gasteiger partial charge in [0, 0.05) is 17.1 Å². The molecule has 10 heteroatoms. The summed E-state index contributed by atoms with van der Waals surface area (Å²) in [6, 6.07) is 11.0. The highest BCUT2D eigenvalue weighted by molar-refractivity contribution is 8.00. The molecule has 0 aliphatic rings. The molecule has 1 amide bonds. The molecule has 28 heavy (non-hydrogen) atoms. The van der Waals surface area contributed by atoms with Gasteiger partial charge in [0.1, 0.15) is 0 Å². The lowest BCUT2D eigenvalue weighted by molar-refractivity contribution is -0.115. The zero-order chi connectivity index (χ0) is 19.7. The van der Waals surface area contributed by atoms with Crippen LogP contribution in [-0.4, -0.2) is 30.7 Å². The van der Waals surface area contributed by atoms with E-state index in [0.717, 1.165) is 16.9 Å². The van der Waals surface area contributed by atoms with Crippen LogP contribution in [0.3, 0.4) is 0 Å². The number of thiazole rings is 1. The lowest BCUT2D eigenvalue weighted by Gasteiger charge is -2.09. The SMILES string of the molecule is C[C@H](Sc1nnc2ccccn12)C(=O)Nc1nc(-c2ccc(Cl)c(Cl)c2)cs1. The number of pyridine rings is 1. The number of carbonyl (C=O) groups excluding carboxylic acids is 1. The number of fused-ring (bicyclic) bond motifs is 1. The molecule has 0 aliphatic carbocycles. The number of rotatable bonds is 5. The summed E-state index contributed by atoms with van der Waals surface area (Å²) in [5, 5.41) is 14.7. The maximum absolute atomic E-state index is 12.6. The molecule has 0 saturated carbocycles. The van der Waals surface area contributed by atoms with E-state index in [-0.39, 0.29) is 11.2 Å². The molecule has 0 saturated heterocycles. The van der Waals surface area contributed by atoms with Crippen LogP contribution in [0.25, 0.3) is 16.9 Å². The maximum Gasteiger partial charge on any atom is 0.239 e. The summed E-state index contributed by atoms with van der Waals surface area (Å²) in [4.78, 5) is 17.0. The van der Waals surface area contributed by atoms with Gasteiger partial charge in [0.05, 0.1) is 21.0 Å². The van der Waals surface area contributed by atoms with E-state index in [0.29, 0.717) is 20.3 Å². The van der Waals surface area contributed by atoms with E-state index in [9.17, 15) is 4.79 Å². The van der Waals surface area contributed by atoms with Crippen LogP contribution >= 0.6 is 46.3 Å². The lowest BCUT2D eigenvalue weighted by Crippen LogP contribution is -2.22. The predicted octanol–water partition coefficient (Wildman–Crippen LogP) is 5.28. The van der Waals surface area contributed by atoms with E-state index in [1.807, 2.05) is 47.2 Å². The first-order valence-electron chi connectivity index (χ1n) is 8.19. The zero-order valence-corrected chi connectivity index (χ0v) is 17.6. The standard InChI is InChI=1S/C18H13Cl2N5OS2/c1-10(28-18-24-23-15-4-2-3-7-25(15)18)16(26)22-17-21-14(9-27-17)11-5-6-12(19)13(20)8-11/h2-10H,1H3,(H,21,22,26)/t10-/m0/s1. The third kappa shape index (κ3) is 4.00. The molecule has 0 bridgehead atoms. The molecule has 0 aliphatic heterocycles. The van der Waals surface area contributed by atoms with Crippen LogP contribution in [0.4, 0.5) is 5.13 Å². The molecule has 1 aromatic carbocycles. The van der Waals surface area contributed by atoms with Crippen molar-refractivity contribution in [2.45, 2.75) is 17.3 Å². The highest BCUT2D eigenvalue weighted by atomic mass is 35.5. The van der Waals surface area contributed by atoms with Crippen molar-refractivity contribution < 1.29 is 4.79 Å². The van der Waals surface area contributed by atoms with Gasteiger partial charge < -0.3 is 5.32 Å². The number of nitrogens with zero attached hydrogens (tertiary/aromatic N) is 4. The average molecular weight is 450 g/mol. The van der Waals surface area contributed by atoms with Crippen LogP contribution < -0.4 is 5.32 Å². The Morgan fingerprint density at radius 1 is 1.21 bits per heavy atom. The smallest absolute Gasteiger partial charge is 0.239 e. The van der Waals surface area contributed by atoms with E-state index < -0.39 is 0 Å². The minimum Gasteiger partial charge on any atom is -0.301 e. The molecule has 1 atom stereocenters. The Balaban J connectivity index is 1.44. The van der Waals surface area contributed by atoms with Crippen molar-refractivity contribution in [3.63, 3.8) is 0 Å². The van der Waals surface area contributed by atoms with Crippen LogP contribution in [0.5, 0.6) is 0 Å². The minimum absolute atomic E-state index is 0.160. The molecular formula is C18H13Cl2N5OS2. The first kappa shape index (κ1) is 19.2. The van der Waals surface area contributed by atoms with E-state index in [1.54, 1.807) is 12.1 Å². The van der Waals surface area contributed by atoms with Gasteiger partial charge in [0.25, 0.3) is 0 Å². The number of carbonyl (C=O) groups is 1. The number of thioether (sulfide) groups is 1. The van der Waals surface area contributed by atoms with Crippen LogP contribution in [0.15, 0.2) is 53.1 Å². The van der Waals surface area contributed by atoms with Crippen LogP contribution in [0.2, 0.25) is 10.0 Å². The monoisotopic (exact) mass is 449 g/mol. The molecule has 0 fully saturated rings. The summed E-state index contributed by atoms with van der Waals surface area (Å²) in [6.45, 7) is 1.82. The fourth-order valence-corrected chi connectivity index (χ4v) is 4.30. The van der Waals surface area contributed by atoms with Gasteiger partial charge in [-0.25, -0.2) is 4.98 Å². The Hall–Kier alpha value is -2.13. The minimum atomic E-state index is -0.370. The van der Waals surface area contributed by atoms with Crippen molar-refractivity contribution in [2.24, 2.45) is 0 Å². The molecule has 6 nitrogen and oxygen atoms in total. The highest BCUT2D eigenvalue weighted by Crippen LogP contribution is 2.31. The molecule has 3 aromatic heterocycles. The molecule has 0 spiro atoms. The number of amides is 1. The molecule has 4 rings (SSSR count). The Morgan fingerprint density at radius 3 is 2.89 bits per heavy atom. The number of hydrogen-bond donors (Lipinski definition) is 1. The van der Waals surface area contributed by atoms with Crippen molar-refractivity contribution in [3.05, 3.63) is 58.0 Å². The van der Waals surface area contributed by atoms with E-state index in [4.69, 9.17) is 23.2 Å². The second kappa shape index (κ2) is 8.08. The quantitative estimate of drug-likeness (QED) is 0.419. The molecule has 4 aromatic rings. The van der Waals surface area contributed by atoms with Gasteiger partial charge in [0.15, 0.2) is 15.9 Å². The molecule has 3 heterocycles. The van der Waals surface area contributed by atoms with Crippen molar-refractivity contribution in [2.75, 3.05) is 5.32 Å². The summed E-state index contributed by atoms with van der Waals surface area (Å²) >= 11 is 14.7. The second-order valence-corrected chi connectivity index (χ2v) is 8.81. The van der Waals surface area contributed by atoms with Gasteiger partial charge in [-0.3, -0.25) is 9.20 Å². The first-order valence-corrected chi connectivity index (χ1v) is 10.7. The summed E-state index contributed by atoms with van der Waals surface area (Å²) < 4.78 is 1.85. The number of hydrogen-bond acceptors (Lipinski definition) is 6. The van der Waals surface area contributed by atoms with E-state index in [2.05, 4.69) is 20.5 Å². The molecular weight excluding hydrogens is 437 g/mol. The molecule has 0 radical (unpaired) electrons. The molecule has 142 valence electrons. The number of aromatic nitrogens is 4. The van der Waals surface area contributed by atoms with Crippen molar-refractivity contribution in [3.8, 4) is 11.3 Å². The zero-order valence-electron chi connectivity index (χ0n) is 14.5. The largest absolute Gasteiger partial charge is 0.301 e. The second-order valence-electron chi connectivity index (χ2n) is 5.83. The van der Waals surface area contributed by atoms with Gasteiger partial charge in [-0.1, -0.05) is 47.1 Å². The van der Waals surface area contributed by atoms with Crippen LogP contribution in [0.1, 0.15) is 6.92 Å². The summed E-state index contributed by atoms with van der Waals surface area (Å²) in [5.74, 6) is -0.160. The van der Waals surface area contributed by atoms with Crippen molar-refractivity contribution in [1.29, 1.82) is 0 Å². The number of benzene rings is 1. The topological polar surface area (TPSA) is 72.2 Å². The Labute approximate surface area is 178 Å². The van der Waals surface area contributed by atoms with E-state index >= 15 is 0 Å². The summed E-state index contributed by atoms with van der Waals surface area (Å²) in [5.41, 5.74) is 2.30. The van der Waals surface area contributed by atoms with Crippen LogP contribution in [-0.2, 0) is 4.79 Å². The fourth-order valence-electron chi connectivity index (χ4n) is 2.44. The number of anilines is 1. The Bertz CT molecular complexity index is 1160. The van der Waals surface area contributed by atoms with Gasteiger partial charge in [0.2, 0.25) is 5.91 Å². The Morgan fingerprint density at radius 2 is 2.07 bits per heavy atom.